The van der Waals surface area contributed by atoms with Gasteiger partial charge < -0.3 is 46.6 Å². The number of amides is 7. The lowest BCUT2D eigenvalue weighted by molar-refractivity contribution is -0.153. The van der Waals surface area contributed by atoms with Crippen molar-refractivity contribution in [2.45, 2.75) is 168 Å². The van der Waals surface area contributed by atoms with Crippen molar-refractivity contribution in [3.05, 3.63) is 106 Å². The lowest BCUT2D eigenvalue weighted by Gasteiger charge is -2.44. The minimum absolute atomic E-state index is 0.0186. The molecule has 0 bridgehead atoms. The molecule has 7 amide bonds. The molecule has 0 spiro atoms. The summed E-state index contributed by atoms with van der Waals surface area (Å²) < 4.78 is 31.0. The Hall–Kier alpha value is -6.27. The topological polar surface area (TPSA) is 201 Å². The summed E-state index contributed by atoms with van der Waals surface area (Å²) in [5, 5.41) is 18.0. The maximum absolute atomic E-state index is 15.9. The molecule has 4 aliphatic rings. The first-order valence-corrected chi connectivity index (χ1v) is 26.9. The van der Waals surface area contributed by atoms with E-state index in [0.29, 0.717) is 19.3 Å². The summed E-state index contributed by atoms with van der Waals surface area (Å²) in [6, 6.07) is 11.4. The summed E-state index contributed by atoms with van der Waals surface area (Å²) in [6.45, 7) is 15.6. The van der Waals surface area contributed by atoms with Crippen LogP contribution in [0, 0.1) is 27.9 Å². The Bertz CT molecular complexity index is 2680. The van der Waals surface area contributed by atoms with E-state index in [4.69, 9.17) is 0 Å². The quantitative estimate of drug-likeness (QED) is 0.106. The van der Waals surface area contributed by atoms with E-state index in [1.165, 1.54) is 26.8 Å². The molecule has 0 radical (unpaired) electrons. The van der Waals surface area contributed by atoms with Crippen molar-refractivity contribution >= 4 is 41.4 Å². The van der Waals surface area contributed by atoms with Crippen LogP contribution in [0.2, 0.25) is 0 Å². The van der Waals surface area contributed by atoms with E-state index in [2.05, 4.69) is 31.9 Å². The number of likely N-dealkylation sites (N-methyl/N-ethyl adjacent to an activating group) is 2. The molecule has 9 unspecified atom stereocenters. The number of nitrogens with one attached hydrogen (secondary N) is 6. The molecule has 16 nitrogen and oxygen atoms in total. The Morgan fingerprint density at radius 3 is 1.86 bits per heavy atom. The smallest absolute Gasteiger partial charge is 0.246 e. The number of carbonyl (C=O) groups is 7. The maximum atomic E-state index is 15.9. The minimum Gasteiger partial charge on any atom is -0.351 e. The average molecular weight is 1050 g/mol. The van der Waals surface area contributed by atoms with E-state index in [9.17, 15) is 19.2 Å². The number of aryl methyl sites for hydroxylation is 1. The van der Waals surface area contributed by atoms with Gasteiger partial charge in [-0.2, -0.15) is 0 Å². The SMILES string of the molecule is CNC(C)C(=O)NC(C(=O)N1CC(NC(=O)C2(CN(C(=O)C3Cc4ccccc4CN3C(=O)C(NC(=O)C(C)NC)C(C)(C)C)C(C)c3cccc(F)c3F)CC2)CC1C(=O)NC1CCCc2ccccc21)C(C)(C)C. The summed E-state index contributed by atoms with van der Waals surface area (Å²) in [5.41, 5.74) is 0.812. The van der Waals surface area contributed by atoms with Gasteiger partial charge in [0.15, 0.2) is 11.6 Å². The van der Waals surface area contributed by atoms with Gasteiger partial charge >= 0.3 is 0 Å². The van der Waals surface area contributed by atoms with Crippen molar-refractivity contribution in [1.29, 1.82) is 0 Å². The Morgan fingerprint density at radius 2 is 1.28 bits per heavy atom. The van der Waals surface area contributed by atoms with E-state index >= 15 is 23.2 Å². The highest BCUT2D eigenvalue weighted by Crippen LogP contribution is 2.49. The van der Waals surface area contributed by atoms with Crippen molar-refractivity contribution in [1.82, 2.24) is 46.6 Å². The van der Waals surface area contributed by atoms with Gasteiger partial charge in [-0.15, -0.1) is 0 Å². The number of rotatable bonds is 17. The van der Waals surface area contributed by atoms with Gasteiger partial charge in [-0.3, -0.25) is 33.6 Å². The Morgan fingerprint density at radius 1 is 0.711 bits per heavy atom. The molecule has 1 saturated heterocycles. The van der Waals surface area contributed by atoms with Crippen molar-refractivity contribution in [2.24, 2.45) is 16.2 Å². The van der Waals surface area contributed by atoms with Crippen LogP contribution in [-0.4, -0.2) is 126 Å². The van der Waals surface area contributed by atoms with Crippen LogP contribution in [0.15, 0.2) is 66.7 Å². The summed E-state index contributed by atoms with van der Waals surface area (Å²) in [5.74, 6) is -5.49. The van der Waals surface area contributed by atoms with Crippen molar-refractivity contribution in [3.8, 4) is 0 Å². The number of benzene rings is 3. The van der Waals surface area contributed by atoms with Crippen molar-refractivity contribution < 1.29 is 42.3 Å². The molecule has 7 rings (SSSR count). The van der Waals surface area contributed by atoms with Crippen LogP contribution >= 0.6 is 0 Å². The molecular weight excluding hydrogens is 973 g/mol. The second kappa shape index (κ2) is 23.1. The molecule has 412 valence electrons. The molecule has 9 atom stereocenters. The third-order valence-corrected chi connectivity index (χ3v) is 16.2. The number of likely N-dealkylation sites (tertiary alicyclic amines) is 1. The number of nitrogens with zero attached hydrogens (tertiary/aromatic N) is 3. The van der Waals surface area contributed by atoms with Crippen molar-refractivity contribution in [2.75, 3.05) is 27.2 Å². The number of carbonyl (C=O) groups excluding carboxylic acids is 7. The van der Waals surface area contributed by atoms with Gasteiger partial charge in [0.1, 0.15) is 24.2 Å². The molecule has 2 aliphatic heterocycles. The summed E-state index contributed by atoms with van der Waals surface area (Å²) in [4.78, 5) is 106. The Labute approximate surface area is 446 Å². The number of hydrogen-bond acceptors (Lipinski definition) is 9. The fraction of sp³-hybridized carbons (Fsp3) is 0.569. The van der Waals surface area contributed by atoms with Crippen LogP contribution < -0.4 is 31.9 Å². The molecule has 6 N–H and O–H groups in total. The summed E-state index contributed by atoms with van der Waals surface area (Å²) >= 11 is 0. The zero-order valence-corrected chi connectivity index (χ0v) is 46.1. The lowest BCUT2D eigenvalue weighted by Crippen LogP contribution is -2.62. The molecular formula is C58H79F2N9O7. The second-order valence-corrected chi connectivity index (χ2v) is 23.7. The van der Waals surface area contributed by atoms with Crippen LogP contribution in [0.1, 0.15) is 134 Å². The van der Waals surface area contributed by atoms with Crippen LogP contribution in [0.4, 0.5) is 8.78 Å². The van der Waals surface area contributed by atoms with E-state index in [-0.39, 0.29) is 44.1 Å². The van der Waals surface area contributed by atoms with Gasteiger partial charge in [-0.05, 0) is 113 Å². The molecule has 2 heterocycles. The number of hydrogen-bond donors (Lipinski definition) is 6. The molecule has 2 fully saturated rings. The van der Waals surface area contributed by atoms with Gasteiger partial charge in [0.05, 0.1) is 29.6 Å². The first kappa shape index (κ1) is 57.4. The highest BCUT2D eigenvalue weighted by atomic mass is 19.2. The molecule has 76 heavy (non-hydrogen) atoms. The van der Waals surface area contributed by atoms with Crippen LogP contribution in [0.3, 0.4) is 0 Å². The van der Waals surface area contributed by atoms with E-state index in [1.807, 2.05) is 90.1 Å². The van der Waals surface area contributed by atoms with E-state index in [1.54, 1.807) is 34.9 Å². The van der Waals surface area contributed by atoms with Gasteiger partial charge in [-0.25, -0.2) is 8.78 Å². The Balaban J connectivity index is 1.21. The average Bonchev–Trinajstić information content (AvgIpc) is 4.07. The fourth-order valence-electron chi connectivity index (χ4n) is 10.9. The van der Waals surface area contributed by atoms with E-state index < -0.39 is 118 Å². The summed E-state index contributed by atoms with van der Waals surface area (Å²) in [6.07, 6.45) is 3.19. The summed E-state index contributed by atoms with van der Waals surface area (Å²) in [7, 11) is 3.27. The number of halogens is 2. The van der Waals surface area contributed by atoms with Gasteiger partial charge in [-0.1, -0.05) is 102 Å². The fourth-order valence-corrected chi connectivity index (χ4v) is 10.9. The first-order chi connectivity index (χ1) is 35.8. The standard InChI is InChI=1S/C58H79F2N9O7/c1-33(61-10)49(70)65-47(56(4,5)6)53(74)67-30-38-20-13-12-19-37(38)28-45(67)52(73)69(35(3)40-23-17-24-42(59)46(40)60)32-58(26-27-58)55(76)63-39-29-44(51(72)64-43-25-16-21-36-18-14-15-22-41(36)43)68(31-39)54(75)48(57(7,8)9)66-50(71)34(2)62-11/h12-15,17-20,22-24,33-35,39,43-45,47-48,61-62H,16,21,25-32H2,1-11H3,(H,63,76)(H,64,72)(H,65,70)(H,66,71). The molecule has 3 aromatic carbocycles. The van der Waals surface area contributed by atoms with Crippen LogP contribution in [0.5, 0.6) is 0 Å². The first-order valence-electron chi connectivity index (χ1n) is 26.9. The van der Waals surface area contributed by atoms with E-state index in [0.717, 1.165) is 41.2 Å². The third-order valence-electron chi connectivity index (χ3n) is 16.2. The third kappa shape index (κ3) is 12.4. The highest BCUT2D eigenvalue weighted by molar-refractivity contribution is 5.96. The molecule has 3 aromatic rings. The predicted molar refractivity (Wildman–Crippen MR) is 285 cm³/mol. The van der Waals surface area contributed by atoms with Crippen LogP contribution in [0.25, 0.3) is 0 Å². The molecule has 0 aromatic heterocycles. The van der Waals surface area contributed by atoms with Crippen molar-refractivity contribution in [3.63, 3.8) is 0 Å². The number of fused-ring (bicyclic) bond motifs is 2. The highest BCUT2D eigenvalue weighted by Gasteiger charge is 2.55. The molecule has 2 aliphatic carbocycles. The Kier molecular flexibility index (Phi) is 17.5. The zero-order chi connectivity index (χ0) is 55.6. The molecule has 18 heteroatoms. The zero-order valence-electron chi connectivity index (χ0n) is 46.1. The largest absolute Gasteiger partial charge is 0.351 e. The molecule has 1 saturated carbocycles. The second-order valence-electron chi connectivity index (χ2n) is 23.7. The minimum atomic E-state index is -1.23. The van der Waals surface area contributed by atoms with Gasteiger partial charge in [0, 0.05) is 37.7 Å². The monoisotopic (exact) mass is 1050 g/mol. The lowest BCUT2D eigenvalue weighted by atomic mass is 9.84. The van der Waals surface area contributed by atoms with Gasteiger partial charge in [0.25, 0.3) is 0 Å². The predicted octanol–water partition coefficient (Wildman–Crippen LogP) is 5.15. The normalized spacial score (nSPS) is 21.9. The van der Waals surface area contributed by atoms with Crippen LogP contribution in [-0.2, 0) is 52.9 Å². The maximum Gasteiger partial charge on any atom is 0.246 e. The van der Waals surface area contributed by atoms with Gasteiger partial charge in [0.2, 0.25) is 41.4 Å².